The Morgan fingerprint density at radius 1 is 1.21 bits per heavy atom. The molecule has 0 saturated heterocycles. The largest absolute Gasteiger partial charge is 0.355 e. The highest BCUT2D eigenvalue weighted by Crippen LogP contribution is 2.19. The monoisotopic (exact) mass is 254 g/mol. The summed E-state index contributed by atoms with van der Waals surface area (Å²) in [5.74, 6) is 0.911. The third kappa shape index (κ3) is 2.99. The second-order valence-electron chi connectivity index (χ2n) is 4.81. The summed E-state index contributed by atoms with van der Waals surface area (Å²) in [4.78, 5) is 17.2. The van der Waals surface area contributed by atoms with Gasteiger partial charge in [-0.05, 0) is 36.6 Å². The Hall–Kier alpha value is -2.16. The standard InChI is InChI=1S/C16H18N2O/c1-12-6-4-5-7-15(12)10-18(3)16-13(2)8-14(11-19)9-17-16/h4-9,11H,10H2,1-3H3. The minimum absolute atomic E-state index is 0.616. The molecule has 98 valence electrons. The van der Waals surface area contributed by atoms with Crippen molar-refractivity contribution in [2.45, 2.75) is 20.4 Å². The van der Waals surface area contributed by atoms with Crippen LogP contribution in [0.4, 0.5) is 5.82 Å². The zero-order chi connectivity index (χ0) is 13.8. The summed E-state index contributed by atoms with van der Waals surface area (Å²) in [5.41, 5.74) is 4.19. The SMILES string of the molecule is Cc1ccccc1CN(C)c1ncc(C=O)cc1C. The van der Waals surface area contributed by atoms with Crippen molar-refractivity contribution in [2.24, 2.45) is 0 Å². The van der Waals surface area contributed by atoms with Gasteiger partial charge in [0.25, 0.3) is 0 Å². The Morgan fingerprint density at radius 3 is 2.58 bits per heavy atom. The number of nitrogens with zero attached hydrogens (tertiary/aromatic N) is 2. The predicted molar refractivity (Wildman–Crippen MR) is 77.6 cm³/mol. The molecule has 0 spiro atoms. The number of hydrogen-bond donors (Lipinski definition) is 0. The second-order valence-corrected chi connectivity index (χ2v) is 4.81. The van der Waals surface area contributed by atoms with Crippen LogP contribution in [-0.4, -0.2) is 18.3 Å². The van der Waals surface area contributed by atoms with Crippen molar-refractivity contribution in [3.8, 4) is 0 Å². The van der Waals surface area contributed by atoms with E-state index in [1.165, 1.54) is 11.1 Å². The number of carbonyl (C=O) groups excluding carboxylic acids is 1. The van der Waals surface area contributed by atoms with Gasteiger partial charge in [-0.1, -0.05) is 24.3 Å². The molecule has 3 heteroatoms. The molecular weight excluding hydrogens is 236 g/mol. The minimum atomic E-state index is 0.616. The maximum Gasteiger partial charge on any atom is 0.151 e. The van der Waals surface area contributed by atoms with Crippen LogP contribution in [0.25, 0.3) is 0 Å². The molecule has 2 rings (SSSR count). The molecule has 0 N–H and O–H groups in total. The predicted octanol–water partition coefficient (Wildman–Crippen LogP) is 3.15. The van der Waals surface area contributed by atoms with Crippen molar-refractivity contribution in [1.29, 1.82) is 0 Å². The summed E-state index contributed by atoms with van der Waals surface area (Å²) in [6.07, 6.45) is 2.44. The zero-order valence-corrected chi connectivity index (χ0v) is 11.6. The molecule has 0 bridgehead atoms. The first-order valence-corrected chi connectivity index (χ1v) is 6.29. The van der Waals surface area contributed by atoms with Gasteiger partial charge in [-0.25, -0.2) is 4.98 Å². The van der Waals surface area contributed by atoms with Gasteiger partial charge in [0.1, 0.15) is 5.82 Å². The molecule has 0 amide bonds. The van der Waals surface area contributed by atoms with E-state index in [9.17, 15) is 4.79 Å². The number of aromatic nitrogens is 1. The maximum absolute atomic E-state index is 10.7. The Balaban J connectivity index is 2.23. The maximum atomic E-state index is 10.7. The van der Waals surface area contributed by atoms with Crippen LogP contribution in [0.5, 0.6) is 0 Å². The van der Waals surface area contributed by atoms with E-state index in [-0.39, 0.29) is 0 Å². The molecule has 0 fully saturated rings. The van der Waals surface area contributed by atoms with Gasteiger partial charge in [-0.15, -0.1) is 0 Å². The lowest BCUT2D eigenvalue weighted by molar-refractivity contribution is 0.112. The van der Waals surface area contributed by atoms with Gasteiger partial charge in [0.05, 0.1) is 0 Å². The van der Waals surface area contributed by atoms with Crippen LogP contribution in [0, 0.1) is 13.8 Å². The summed E-state index contributed by atoms with van der Waals surface area (Å²) in [5, 5.41) is 0. The first-order valence-electron chi connectivity index (χ1n) is 6.29. The molecule has 1 heterocycles. The fourth-order valence-corrected chi connectivity index (χ4v) is 2.17. The molecule has 3 nitrogen and oxygen atoms in total. The molecule has 0 aliphatic heterocycles. The number of aldehydes is 1. The molecule has 0 aliphatic rings. The lowest BCUT2D eigenvalue weighted by Gasteiger charge is -2.21. The van der Waals surface area contributed by atoms with Gasteiger partial charge in [0, 0.05) is 25.4 Å². The molecule has 1 aromatic carbocycles. The van der Waals surface area contributed by atoms with Crippen LogP contribution in [0.2, 0.25) is 0 Å². The topological polar surface area (TPSA) is 33.2 Å². The van der Waals surface area contributed by atoms with Gasteiger partial charge in [0.15, 0.2) is 6.29 Å². The van der Waals surface area contributed by atoms with Crippen molar-refractivity contribution < 1.29 is 4.79 Å². The summed E-state index contributed by atoms with van der Waals surface area (Å²) < 4.78 is 0. The lowest BCUT2D eigenvalue weighted by atomic mass is 10.1. The fourth-order valence-electron chi connectivity index (χ4n) is 2.17. The van der Waals surface area contributed by atoms with Crippen molar-refractivity contribution in [3.05, 3.63) is 58.8 Å². The molecule has 0 saturated carbocycles. The Labute approximate surface area is 113 Å². The van der Waals surface area contributed by atoms with Gasteiger partial charge >= 0.3 is 0 Å². The average Bonchev–Trinajstić information content (AvgIpc) is 2.41. The number of pyridine rings is 1. The van der Waals surface area contributed by atoms with Gasteiger partial charge in [-0.2, -0.15) is 0 Å². The molecule has 0 radical (unpaired) electrons. The highest BCUT2D eigenvalue weighted by molar-refractivity contribution is 5.75. The number of carbonyl (C=O) groups is 1. The summed E-state index contributed by atoms with van der Waals surface area (Å²) in [6, 6.07) is 10.2. The molecule has 1 aromatic heterocycles. The van der Waals surface area contributed by atoms with Crippen molar-refractivity contribution in [3.63, 3.8) is 0 Å². The van der Waals surface area contributed by atoms with Gasteiger partial charge < -0.3 is 4.90 Å². The van der Waals surface area contributed by atoms with Crippen LogP contribution < -0.4 is 4.90 Å². The smallest absolute Gasteiger partial charge is 0.151 e. The van der Waals surface area contributed by atoms with E-state index in [1.54, 1.807) is 6.20 Å². The van der Waals surface area contributed by atoms with E-state index in [2.05, 4.69) is 28.9 Å². The normalized spacial score (nSPS) is 10.3. The average molecular weight is 254 g/mol. The van der Waals surface area contributed by atoms with E-state index in [0.29, 0.717) is 5.56 Å². The number of hydrogen-bond acceptors (Lipinski definition) is 3. The number of aryl methyl sites for hydroxylation is 2. The molecule has 0 atom stereocenters. The van der Waals surface area contributed by atoms with Crippen LogP contribution in [0.1, 0.15) is 27.0 Å². The first kappa shape index (κ1) is 13.3. The van der Waals surface area contributed by atoms with E-state index in [4.69, 9.17) is 0 Å². The summed E-state index contributed by atoms with van der Waals surface area (Å²) in [7, 11) is 2.02. The van der Waals surface area contributed by atoms with Crippen molar-refractivity contribution in [1.82, 2.24) is 4.98 Å². The van der Waals surface area contributed by atoms with E-state index in [0.717, 1.165) is 24.2 Å². The first-order chi connectivity index (χ1) is 9.11. The highest BCUT2D eigenvalue weighted by Gasteiger charge is 2.08. The Kier molecular flexibility index (Phi) is 3.95. The fraction of sp³-hybridized carbons (Fsp3) is 0.250. The van der Waals surface area contributed by atoms with Crippen LogP contribution in [-0.2, 0) is 6.54 Å². The van der Waals surface area contributed by atoms with Crippen LogP contribution in [0.3, 0.4) is 0 Å². The highest BCUT2D eigenvalue weighted by atomic mass is 16.1. The molecule has 19 heavy (non-hydrogen) atoms. The van der Waals surface area contributed by atoms with E-state index < -0.39 is 0 Å². The van der Waals surface area contributed by atoms with Gasteiger partial charge in [0.2, 0.25) is 0 Å². The summed E-state index contributed by atoms with van der Waals surface area (Å²) in [6.45, 7) is 4.89. The number of benzene rings is 1. The van der Waals surface area contributed by atoms with Crippen LogP contribution >= 0.6 is 0 Å². The molecule has 0 aliphatic carbocycles. The second kappa shape index (κ2) is 5.65. The lowest BCUT2D eigenvalue weighted by Crippen LogP contribution is -2.19. The third-order valence-electron chi connectivity index (χ3n) is 3.24. The Morgan fingerprint density at radius 2 is 1.95 bits per heavy atom. The number of rotatable bonds is 4. The van der Waals surface area contributed by atoms with E-state index in [1.807, 2.05) is 32.2 Å². The minimum Gasteiger partial charge on any atom is -0.355 e. The molecule has 2 aromatic rings. The van der Waals surface area contributed by atoms with Crippen molar-refractivity contribution in [2.75, 3.05) is 11.9 Å². The Bertz CT molecular complexity index is 593. The molecular formula is C16H18N2O. The number of anilines is 1. The molecule has 0 unspecified atom stereocenters. The van der Waals surface area contributed by atoms with Crippen molar-refractivity contribution >= 4 is 12.1 Å². The third-order valence-corrected chi connectivity index (χ3v) is 3.24. The zero-order valence-electron chi connectivity index (χ0n) is 11.6. The van der Waals surface area contributed by atoms with Gasteiger partial charge in [-0.3, -0.25) is 4.79 Å². The quantitative estimate of drug-likeness (QED) is 0.786. The van der Waals surface area contributed by atoms with Crippen LogP contribution in [0.15, 0.2) is 36.5 Å². The summed E-state index contributed by atoms with van der Waals surface area (Å²) >= 11 is 0. The van der Waals surface area contributed by atoms with E-state index >= 15 is 0 Å².